The van der Waals surface area contributed by atoms with E-state index in [-0.39, 0.29) is 25.6 Å². The first kappa shape index (κ1) is 65.1. The van der Waals surface area contributed by atoms with E-state index in [2.05, 4.69) is 13.8 Å². The van der Waals surface area contributed by atoms with Crippen LogP contribution in [0.3, 0.4) is 0 Å². The third-order valence-corrected chi connectivity index (χ3v) is 14.4. The predicted octanol–water partition coefficient (Wildman–Crippen LogP) is 10.0. The Bertz CT molecular complexity index is 1170. The van der Waals surface area contributed by atoms with Gasteiger partial charge in [-0.3, -0.25) is 4.79 Å². The maximum atomic E-state index is 13.0. The average molecular weight is 1010 g/mol. The van der Waals surface area contributed by atoms with Gasteiger partial charge in [-0.15, -0.1) is 0 Å². The number of ether oxygens (including phenoxy) is 6. The lowest BCUT2D eigenvalue weighted by molar-refractivity contribution is -0.332. The van der Waals surface area contributed by atoms with Gasteiger partial charge in [-0.05, 0) is 12.8 Å². The van der Waals surface area contributed by atoms with E-state index in [4.69, 9.17) is 28.4 Å². The summed E-state index contributed by atoms with van der Waals surface area (Å²) < 4.78 is 34.3. The molecule has 0 spiro atoms. The molecule has 0 aromatic heterocycles. The molecule has 70 heavy (non-hydrogen) atoms. The van der Waals surface area contributed by atoms with Crippen LogP contribution in [-0.2, 0) is 33.2 Å². The van der Waals surface area contributed by atoms with Gasteiger partial charge in [0.05, 0.1) is 26.4 Å². The summed E-state index contributed by atoms with van der Waals surface area (Å²) in [4.78, 5) is 13.0. The smallest absolute Gasteiger partial charge is 0.306 e. The van der Waals surface area contributed by atoms with Crippen LogP contribution in [0.4, 0.5) is 0 Å². The molecule has 0 aliphatic carbocycles. The Morgan fingerprint density at radius 2 is 0.757 bits per heavy atom. The van der Waals surface area contributed by atoms with E-state index in [1.165, 1.54) is 186 Å². The van der Waals surface area contributed by atoms with E-state index in [9.17, 15) is 40.5 Å². The zero-order chi connectivity index (χ0) is 50.9. The van der Waals surface area contributed by atoms with E-state index < -0.39 is 80.7 Å². The van der Waals surface area contributed by atoms with Gasteiger partial charge >= 0.3 is 5.97 Å². The van der Waals surface area contributed by atoms with Crippen LogP contribution in [0.1, 0.15) is 251 Å². The van der Waals surface area contributed by atoms with Crippen LogP contribution >= 0.6 is 0 Å². The molecule has 2 rings (SSSR count). The third kappa shape index (κ3) is 31.0. The van der Waals surface area contributed by atoms with Crippen molar-refractivity contribution >= 4 is 5.97 Å². The molecule has 0 radical (unpaired) electrons. The fourth-order valence-electron chi connectivity index (χ4n) is 9.64. The minimum absolute atomic E-state index is 0.0703. The highest BCUT2D eigenvalue weighted by atomic mass is 16.7. The number of aliphatic hydroxyl groups is 7. The van der Waals surface area contributed by atoms with Crippen LogP contribution in [0.25, 0.3) is 0 Å². The van der Waals surface area contributed by atoms with E-state index >= 15 is 0 Å². The Morgan fingerprint density at radius 1 is 0.414 bits per heavy atom. The molecule has 7 N–H and O–H groups in total. The van der Waals surface area contributed by atoms with Crippen molar-refractivity contribution in [3.8, 4) is 0 Å². The third-order valence-electron chi connectivity index (χ3n) is 14.4. The molecule has 11 unspecified atom stereocenters. The van der Waals surface area contributed by atoms with Gasteiger partial charge in [0.2, 0.25) is 0 Å². The van der Waals surface area contributed by atoms with Crippen molar-refractivity contribution in [3.05, 3.63) is 0 Å². The second-order valence-electron chi connectivity index (χ2n) is 20.8. The Morgan fingerprint density at radius 3 is 1.16 bits per heavy atom. The van der Waals surface area contributed by atoms with Crippen LogP contribution in [0.2, 0.25) is 0 Å². The van der Waals surface area contributed by atoms with Gasteiger partial charge in [0.25, 0.3) is 0 Å². The Labute approximate surface area is 425 Å². The van der Waals surface area contributed by atoms with Crippen LogP contribution in [0.15, 0.2) is 0 Å². The van der Waals surface area contributed by atoms with Gasteiger partial charge in [0.15, 0.2) is 12.6 Å². The average Bonchev–Trinajstić information content (AvgIpc) is 3.36. The van der Waals surface area contributed by atoms with Crippen molar-refractivity contribution in [2.75, 3.05) is 33.0 Å². The predicted molar refractivity (Wildman–Crippen MR) is 275 cm³/mol. The van der Waals surface area contributed by atoms with Gasteiger partial charge in [0.1, 0.15) is 54.9 Å². The van der Waals surface area contributed by atoms with Crippen LogP contribution in [0, 0.1) is 0 Å². The topological polar surface area (TPSA) is 214 Å². The van der Waals surface area contributed by atoms with E-state index in [0.29, 0.717) is 13.0 Å². The molecular formula is C56H108O14. The quantitative estimate of drug-likeness (QED) is 0.0223. The monoisotopic (exact) mass is 1000 g/mol. The molecule has 2 saturated heterocycles. The van der Waals surface area contributed by atoms with Crippen molar-refractivity contribution in [1.29, 1.82) is 0 Å². The first-order valence-corrected chi connectivity index (χ1v) is 29.1. The summed E-state index contributed by atoms with van der Waals surface area (Å²) in [5.74, 6) is -0.372. The van der Waals surface area contributed by atoms with Crippen LogP contribution in [0.5, 0.6) is 0 Å². The first-order valence-electron chi connectivity index (χ1n) is 29.1. The molecule has 2 aliphatic rings. The largest absolute Gasteiger partial charge is 0.457 e. The number of carbonyl (C=O) groups is 1. The normalized spacial score (nSPS) is 25.4. The first-order chi connectivity index (χ1) is 34.1. The highest BCUT2D eigenvalue weighted by Crippen LogP contribution is 2.27. The molecule has 416 valence electrons. The standard InChI is InChI=1S/C56H108O14/c1-3-5-7-9-11-13-15-16-17-18-19-20-21-22-23-24-25-26-27-28-29-30-32-34-36-38-40-65-42-45(68-48(58)39-37-35-33-31-14-12-10-8-6-4-2)43-66-55-54(64)52(62)50(60)47(70-55)44-67-56-53(63)51(61)49(59)46(41-57)69-56/h45-47,49-57,59-64H,3-44H2,1-2H3. The van der Waals surface area contributed by atoms with E-state index in [1.807, 2.05) is 0 Å². The fourth-order valence-corrected chi connectivity index (χ4v) is 9.64. The summed E-state index contributed by atoms with van der Waals surface area (Å²) in [6, 6.07) is 0. The molecule has 0 amide bonds. The molecule has 14 heteroatoms. The summed E-state index contributed by atoms with van der Waals surface area (Å²) in [7, 11) is 0. The van der Waals surface area contributed by atoms with Crippen LogP contribution < -0.4 is 0 Å². The molecule has 2 fully saturated rings. The van der Waals surface area contributed by atoms with Gasteiger partial charge in [0, 0.05) is 13.0 Å². The van der Waals surface area contributed by atoms with Crippen molar-refractivity contribution in [3.63, 3.8) is 0 Å². The number of rotatable bonds is 48. The summed E-state index contributed by atoms with van der Waals surface area (Å²) in [6.07, 6.45) is 30.5. The molecule has 0 aromatic carbocycles. The molecular weight excluding hydrogens is 897 g/mol. The Kier molecular flexibility index (Phi) is 41.2. The maximum Gasteiger partial charge on any atom is 0.306 e. The Balaban J connectivity index is 1.62. The Hall–Kier alpha value is -1.01. The van der Waals surface area contributed by atoms with Crippen molar-refractivity contribution in [1.82, 2.24) is 0 Å². The summed E-state index contributed by atoms with van der Waals surface area (Å²) >= 11 is 0. The number of carbonyl (C=O) groups excluding carboxylic acids is 1. The highest BCUT2D eigenvalue weighted by Gasteiger charge is 2.47. The molecule has 14 nitrogen and oxygen atoms in total. The second-order valence-corrected chi connectivity index (χ2v) is 20.8. The molecule has 0 saturated carbocycles. The number of aliphatic hydroxyl groups excluding tert-OH is 7. The van der Waals surface area contributed by atoms with Gasteiger partial charge < -0.3 is 64.2 Å². The summed E-state index contributed by atoms with van der Waals surface area (Å²) in [5.41, 5.74) is 0. The molecule has 2 heterocycles. The van der Waals surface area contributed by atoms with Gasteiger partial charge in [-0.1, -0.05) is 232 Å². The molecule has 0 aromatic rings. The zero-order valence-electron chi connectivity index (χ0n) is 44.5. The molecule has 2 aliphatic heterocycles. The molecule has 11 atom stereocenters. The lowest BCUT2D eigenvalue weighted by Crippen LogP contribution is -2.61. The van der Waals surface area contributed by atoms with Crippen LogP contribution in [-0.4, -0.2) is 142 Å². The summed E-state index contributed by atoms with van der Waals surface area (Å²) in [6.45, 7) is 3.73. The second kappa shape index (κ2) is 44.3. The maximum absolute atomic E-state index is 13.0. The SMILES string of the molecule is CCCCCCCCCCCCCCCCCCCCCCCCCCCCOCC(COC1OC(COC2OC(CO)C(O)C(O)C2O)C(O)C(O)C1O)OC(=O)CCCCCCCCCCCC. The lowest BCUT2D eigenvalue weighted by atomic mass is 9.98. The number of hydrogen-bond donors (Lipinski definition) is 7. The van der Waals surface area contributed by atoms with Gasteiger partial charge in [-0.25, -0.2) is 0 Å². The number of esters is 1. The van der Waals surface area contributed by atoms with E-state index in [1.54, 1.807) is 0 Å². The van der Waals surface area contributed by atoms with Crippen molar-refractivity contribution < 1.29 is 69.0 Å². The molecule has 0 bridgehead atoms. The minimum atomic E-state index is -1.70. The minimum Gasteiger partial charge on any atom is -0.457 e. The number of hydrogen-bond acceptors (Lipinski definition) is 14. The fraction of sp³-hybridized carbons (Fsp3) is 0.982. The van der Waals surface area contributed by atoms with Crippen molar-refractivity contribution in [2.24, 2.45) is 0 Å². The highest BCUT2D eigenvalue weighted by molar-refractivity contribution is 5.69. The van der Waals surface area contributed by atoms with E-state index in [0.717, 1.165) is 38.5 Å². The summed E-state index contributed by atoms with van der Waals surface area (Å²) in [5, 5.41) is 72.2. The zero-order valence-corrected chi connectivity index (χ0v) is 44.5. The van der Waals surface area contributed by atoms with Crippen molar-refractivity contribution in [2.45, 2.75) is 319 Å². The van der Waals surface area contributed by atoms with Gasteiger partial charge in [-0.2, -0.15) is 0 Å². The lowest BCUT2D eigenvalue weighted by Gasteiger charge is -2.42. The number of unbranched alkanes of at least 4 members (excludes halogenated alkanes) is 34.